The van der Waals surface area contributed by atoms with E-state index in [1.54, 1.807) is 26.4 Å². The van der Waals surface area contributed by atoms with Crippen LogP contribution in [0.1, 0.15) is 41.2 Å². The van der Waals surface area contributed by atoms with Crippen molar-refractivity contribution in [2.24, 2.45) is 5.92 Å². The van der Waals surface area contributed by atoms with Gasteiger partial charge in [-0.25, -0.2) is 4.79 Å². The molecular formula is C26H28ClNO4. The lowest BCUT2D eigenvalue weighted by molar-refractivity contribution is 0.0695. The van der Waals surface area contributed by atoms with Gasteiger partial charge in [-0.1, -0.05) is 37.6 Å². The standard InChI is InChI=1S/C26H28ClNO4/c1-16(2)12-24-21(17-6-5-7-19(27)13-17)15-22(26(29)30)23(28-24)10-8-18-14-20(31-3)9-11-25(18)32-4/h5-7,9,11,13-16H,8,10,12H2,1-4H3,(H,29,30). The number of carboxylic acid groups (broad SMARTS) is 1. The molecule has 3 aromatic rings. The lowest BCUT2D eigenvalue weighted by atomic mass is 9.94. The molecule has 1 N–H and O–H groups in total. The van der Waals surface area contributed by atoms with Crippen LogP contribution in [0, 0.1) is 5.92 Å². The van der Waals surface area contributed by atoms with Gasteiger partial charge in [-0.3, -0.25) is 4.98 Å². The molecule has 0 saturated heterocycles. The number of carbonyl (C=O) groups is 1. The molecule has 0 amide bonds. The van der Waals surface area contributed by atoms with E-state index in [1.807, 2.05) is 36.4 Å². The molecule has 0 saturated carbocycles. The number of hydrogen-bond donors (Lipinski definition) is 1. The Morgan fingerprint density at radius 3 is 2.44 bits per heavy atom. The fourth-order valence-corrected chi connectivity index (χ4v) is 3.94. The van der Waals surface area contributed by atoms with Crippen LogP contribution in [0.2, 0.25) is 5.02 Å². The number of ether oxygens (including phenoxy) is 2. The van der Waals surface area contributed by atoms with Crippen molar-refractivity contribution >= 4 is 17.6 Å². The topological polar surface area (TPSA) is 68.7 Å². The predicted molar refractivity (Wildman–Crippen MR) is 127 cm³/mol. The Morgan fingerprint density at radius 2 is 1.81 bits per heavy atom. The van der Waals surface area contributed by atoms with Crippen LogP contribution in [0.3, 0.4) is 0 Å². The number of methoxy groups -OCH3 is 2. The Morgan fingerprint density at radius 1 is 1.03 bits per heavy atom. The van der Waals surface area contributed by atoms with Crippen molar-refractivity contribution in [3.8, 4) is 22.6 Å². The molecule has 2 aromatic carbocycles. The maximum Gasteiger partial charge on any atom is 0.337 e. The molecule has 1 aromatic heterocycles. The van der Waals surface area contributed by atoms with E-state index in [9.17, 15) is 9.90 Å². The number of aryl methyl sites for hydroxylation is 2. The molecule has 0 atom stereocenters. The summed E-state index contributed by atoms with van der Waals surface area (Å²) < 4.78 is 10.8. The van der Waals surface area contributed by atoms with Gasteiger partial charge in [-0.05, 0) is 72.7 Å². The molecule has 32 heavy (non-hydrogen) atoms. The van der Waals surface area contributed by atoms with Gasteiger partial charge in [-0.2, -0.15) is 0 Å². The van der Waals surface area contributed by atoms with Crippen LogP contribution in [0.25, 0.3) is 11.1 Å². The SMILES string of the molecule is COc1ccc(OC)c(CCc2nc(CC(C)C)c(-c3cccc(Cl)c3)cc2C(=O)O)c1. The summed E-state index contributed by atoms with van der Waals surface area (Å²) in [6, 6.07) is 14.8. The maximum absolute atomic E-state index is 12.1. The van der Waals surface area contributed by atoms with E-state index >= 15 is 0 Å². The summed E-state index contributed by atoms with van der Waals surface area (Å²) in [6.07, 6.45) is 1.77. The van der Waals surface area contributed by atoms with Crippen molar-refractivity contribution in [2.75, 3.05) is 14.2 Å². The second-order valence-corrected chi connectivity index (χ2v) is 8.50. The first-order valence-corrected chi connectivity index (χ1v) is 10.9. The molecule has 0 aliphatic heterocycles. The second kappa shape index (κ2) is 10.5. The third-order valence-corrected chi connectivity index (χ3v) is 5.50. The lowest BCUT2D eigenvalue weighted by Gasteiger charge is -2.16. The number of carboxylic acids is 1. The van der Waals surface area contributed by atoms with Gasteiger partial charge in [0, 0.05) is 16.3 Å². The van der Waals surface area contributed by atoms with Gasteiger partial charge in [0.05, 0.1) is 25.5 Å². The minimum Gasteiger partial charge on any atom is -0.497 e. The van der Waals surface area contributed by atoms with E-state index < -0.39 is 5.97 Å². The fourth-order valence-electron chi connectivity index (χ4n) is 3.75. The molecule has 3 rings (SSSR count). The Hall–Kier alpha value is -3.05. The van der Waals surface area contributed by atoms with Gasteiger partial charge in [0.25, 0.3) is 0 Å². The molecule has 168 valence electrons. The zero-order chi connectivity index (χ0) is 23.3. The van der Waals surface area contributed by atoms with Crippen molar-refractivity contribution in [1.29, 1.82) is 0 Å². The second-order valence-electron chi connectivity index (χ2n) is 8.07. The Bertz CT molecular complexity index is 1110. The molecule has 0 unspecified atom stereocenters. The molecule has 0 radical (unpaired) electrons. The number of benzene rings is 2. The van der Waals surface area contributed by atoms with Crippen LogP contribution >= 0.6 is 11.6 Å². The van der Waals surface area contributed by atoms with Crippen molar-refractivity contribution < 1.29 is 19.4 Å². The molecule has 5 nitrogen and oxygen atoms in total. The summed E-state index contributed by atoms with van der Waals surface area (Å²) in [5.74, 6) is 0.830. The third kappa shape index (κ3) is 5.60. The molecule has 0 spiro atoms. The number of nitrogens with zero attached hydrogens (tertiary/aromatic N) is 1. The van der Waals surface area contributed by atoms with Gasteiger partial charge in [-0.15, -0.1) is 0 Å². The summed E-state index contributed by atoms with van der Waals surface area (Å²) in [4.78, 5) is 17.0. The Labute approximate surface area is 194 Å². The molecule has 0 bridgehead atoms. The summed E-state index contributed by atoms with van der Waals surface area (Å²) in [5, 5.41) is 10.5. The van der Waals surface area contributed by atoms with Gasteiger partial charge in [0.15, 0.2) is 0 Å². The van der Waals surface area contributed by atoms with Crippen molar-refractivity contribution in [3.63, 3.8) is 0 Å². The van der Waals surface area contributed by atoms with Crippen molar-refractivity contribution in [2.45, 2.75) is 33.1 Å². The first-order chi connectivity index (χ1) is 15.3. The zero-order valence-electron chi connectivity index (χ0n) is 18.8. The van der Waals surface area contributed by atoms with Gasteiger partial charge in [0.2, 0.25) is 0 Å². The number of aromatic nitrogens is 1. The summed E-state index contributed by atoms with van der Waals surface area (Å²) >= 11 is 6.20. The van der Waals surface area contributed by atoms with Crippen molar-refractivity contribution in [3.05, 3.63) is 76.1 Å². The average molecular weight is 454 g/mol. The summed E-state index contributed by atoms with van der Waals surface area (Å²) in [5.41, 5.74) is 4.25. The molecule has 0 aliphatic rings. The number of pyridine rings is 1. The van der Waals surface area contributed by atoms with Crippen LogP contribution in [0.5, 0.6) is 11.5 Å². The van der Waals surface area contributed by atoms with E-state index in [4.69, 9.17) is 26.1 Å². The minimum atomic E-state index is -0.996. The van der Waals surface area contributed by atoms with Crippen molar-refractivity contribution in [1.82, 2.24) is 4.98 Å². The predicted octanol–water partition coefficient (Wildman–Crippen LogP) is 6.10. The Balaban J connectivity index is 2.05. The molecular weight excluding hydrogens is 426 g/mol. The summed E-state index contributed by atoms with van der Waals surface area (Å²) in [6.45, 7) is 4.24. The number of halogens is 1. The van der Waals surface area contributed by atoms with E-state index in [0.717, 1.165) is 40.3 Å². The van der Waals surface area contributed by atoms with E-state index in [-0.39, 0.29) is 5.56 Å². The van der Waals surface area contributed by atoms with E-state index in [1.165, 1.54) is 0 Å². The highest BCUT2D eigenvalue weighted by molar-refractivity contribution is 6.30. The highest BCUT2D eigenvalue weighted by atomic mass is 35.5. The Kier molecular flexibility index (Phi) is 7.75. The smallest absolute Gasteiger partial charge is 0.337 e. The molecule has 0 aliphatic carbocycles. The monoisotopic (exact) mass is 453 g/mol. The van der Waals surface area contributed by atoms with Crippen LogP contribution in [0.4, 0.5) is 0 Å². The highest BCUT2D eigenvalue weighted by Crippen LogP contribution is 2.30. The lowest BCUT2D eigenvalue weighted by Crippen LogP contribution is -2.11. The number of hydrogen-bond acceptors (Lipinski definition) is 4. The molecule has 0 fully saturated rings. The molecule has 1 heterocycles. The third-order valence-electron chi connectivity index (χ3n) is 5.27. The zero-order valence-corrected chi connectivity index (χ0v) is 19.6. The largest absolute Gasteiger partial charge is 0.497 e. The van der Waals surface area contributed by atoms with Gasteiger partial charge < -0.3 is 14.6 Å². The number of rotatable bonds is 9. The van der Waals surface area contributed by atoms with Crippen LogP contribution in [-0.4, -0.2) is 30.3 Å². The maximum atomic E-state index is 12.1. The van der Waals surface area contributed by atoms with E-state index in [0.29, 0.717) is 29.5 Å². The van der Waals surface area contributed by atoms with Crippen LogP contribution in [-0.2, 0) is 19.3 Å². The normalized spacial score (nSPS) is 10.9. The average Bonchev–Trinajstić information content (AvgIpc) is 2.76. The highest BCUT2D eigenvalue weighted by Gasteiger charge is 2.19. The van der Waals surface area contributed by atoms with E-state index in [2.05, 4.69) is 13.8 Å². The van der Waals surface area contributed by atoms with Gasteiger partial charge >= 0.3 is 5.97 Å². The first-order valence-electron chi connectivity index (χ1n) is 10.5. The van der Waals surface area contributed by atoms with Crippen LogP contribution in [0.15, 0.2) is 48.5 Å². The molecule has 6 heteroatoms. The number of aromatic carboxylic acids is 1. The fraction of sp³-hybridized carbons (Fsp3) is 0.308. The minimum absolute atomic E-state index is 0.203. The van der Waals surface area contributed by atoms with Gasteiger partial charge in [0.1, 0.15) is 11.5 Å². The first kappa shape index (κ1) is 23.6. The summed E-state index contributed by atoms with van der Waals surface area (Å²) in [7, 11) is 3.23. The quantitative estimate of drug-likeness (QED) is 0.424. The van der Waals surface area contributed by atoms with Crippen LogP contribution < -0.4 is 9.47 Å².